The number of carbonyl (C=O) groups excluding carboxylic acids is 1. The Morgan fingerprint density at radius 2 is 1.95 bits per heavy atom. The van der Waals surface area contributed by atoms with Crippen molar-refractivity contribution in [2.24, 2.45) is 0 Å². The molecule has 0 aliphatic heterocycles. The van der Waals surface area contributed by atoms with Crippen molar-refractivity contribution in [3.05, 3.63) is 29.8 Å². The van der Waals surface area contributed by atoms with Crippen LogP contribution < -0.4 is 10.1 Å². The van der Waals surface area contributed by atoms with Crippen molar-refractivity contribution < 1.29 is 19.4 Å². The Kier molecular flexibility index (Phi) is 7.79. The number of rotatable bonds is 9. The van der Waals surface area contributed by atoms with Crippen LogP contribution in [0.2, 0.25) is 0 Å². The summed E-state index contributed by atoms with van der Waals surface area (Å²) in [7, 11) is 0. The Hall–Kier alpha value is -1.59. The molecule has 2 N–H and O–H groups in total. The normalized spacial score (nSPS) is 12.2. The molecule has 0 fully saturated rings. The van der Waals surface area contributed by atoms with Gasteiger partial charge in [-0.2, -0.15) is 0 Å². The van der Waals surface area contributed by atoms with Gasteiger partial charge in [-0.25, -0.2) is 0 Å². The van der Waals surface area contributed by atoms with Crippen molar-refractivity contribution in [2.45, 2.75) is 45.9 Å². The average molecular weight is 295 g/mol. The second kappa shape index (κ2) is 9.37. The van der Waals surface area contributed by atoms with Gasteiger partial charge in [-0.1, -0.05) is 26.0 Å². The van der Waals surface area contributed by atoms with Crippen molar-refractivity contribution in [1.29, 1.82) is 0 Å². The summed E-state index contributed by atoms with van der Waals surface area (Å²) in [5, 5.41) is 12.2. The molecule has 0 radical (unpaired) electrons. The molecule has 0 aliphatic carbocycles. The van der Waals surface area contributed by atoms with Crippen molar-refractivity contribution in [3.63, 3.8) is 0 Å². The third-order valence-corrected chi connectivity index (χ3v) is 2.89. The molecule has 1 rings (SSSR count). The van der Waals surface area contributed by atoms with Crippen molar-refractivity contribution in [2.75, 3.05) is 13.2 Å². The number of ether oxygens (including phenoxy) is 2. The molecular formula is C16H25NO4. The van der Waals surface area contributed by atoms with Crippen LogP contribution in [-0.2, 0) is 16.1 Å². The van der Waals surface area contributed by atoms with Crippen LogP contribution in [-0.4, -0.2) is 36.4 Å². The van der Waals surface area contributed by atoms with Gasteiger partial charge in [-0.05, 0) is 24.6 Å². The molecule has 1 atom stereocenters. The van der Waals surface area contributed by atoms with E-state index >= 15 is 0 Å². The zero-order chi connectivity index (χ0) is 15.7. The van der Waals surface area contributed by atoms with Crippen molar-refractivity contribution in [3.8, 4) is 5.75 Å². The number of nitrogens with one attached hydrogen (secondary N) is 1. The third-order valence-electron chi connectivity index (χ3n) is 2.89. The number of hydrogen-bond acceptors (Lipinski definition) is 5. The van der Waals surface area contributed by atoms with Crippen LogP contribution in [0.15, 0.2) is 24.3 Å². The van der Waals surface area contributed by atoms with Crippen LogP contribution in [0.4, 0.5) is 0 Å². The largest absolute Gasteiger partial charge is 0.494 e. The molecule has 0 aromatic heterocycles. The molecule has 1 aromatic carbocycles. The molecule has 0 aliphatic rings. The highest BCUT2D eigenvalue weighted by atomic mass is 16.5. The summed E-state index contributed by atoms with van der Waals surface area (Å²) in [6.45, 7) is 6.58. The van der Waals surface area contributed by atoms with E-state index in [0.717, 1.165) is 11.3 Å². The molecule has 0 saturated heterocycles. The van der Waals surface area contributed by atoms with Gasteiger partial charge in [0, 0.05) is 12.5 Å². The van der Waals surface area contributed by atoms with Gasteiger partial charge in [0.05, 0.1) is 19.8 Å². The second-order valence-electron chi connectivity index (χ2n) is 5.07. The Labute approximate surface area is 126 Å². The first-order valence-electron chi connectivity index (χ1n) is 7.32. The van der Waals surface area contributed by atoms with E-state index in [1.807, 2.05) is 26.0 Å². The number of esters is 1. The molecular weight excluding hydrogens is 270 g/mol. The first kappa shape index (κ1) is 17.5. The lowest BCUT2D eigenvalue weighted by molar-refractivity contribution is -0.146. The predicted octanol–water partition coefficient (Wildman–Crippen LogP) is 1.88. The van der Waals surface area contributed by atoms with E-state index < -0.39 is 0 Å². The number of aliphatic hydroxyl groups is 1. The summed E-state index contributed by atoms with van der Waals surface area (Å²) in [6, 6.07) is 7.07. The fraction of sp³-hybridized carbons (Fsp3) is 0.562. The summed E-state index contributed by atoms with van der Waals surface area (Å²) >= 11 is 0. The zero-order valence-electron chi connectivity index (χ0n) is 13.0. The Morgan fingerprint density at radius 1 is 1.29 bits per heavy atom. The molecule has 5 heteroatoms. The minimum atomic E-state index is -0.360. The first-order chi connectivity index (χ1) is 10.1. The summed E-state index contributed by atoms with van der Waals surface area (Å²) in [5.41, 5.74) is 0.841. The lowest BCUT2D eigenvalue weighted by Gasteiger charge is -2.19. The van der Waals surface area contributed by atoms with E-state index in [-0.39, 0.29) is 24.7 Å². The standard InChI is InChI=1S/C16H25NO4/c1-4-20-16(19)15(17-12(2)3)9-10-21-14-7-5-13(11-18)6-8-14/h5-8,12,15,17-18H,4,9-11H2,1-3H3. The zero-order valence-corrected chi connectivity index (χ0v) is 13.0. The molecule has 1 aromatic rings. The lowest BCUT2D eigenvalue weighted by Crippen LogP contribution is -2.42. The fourth-order valence-corrected chi connectivity index (χ4v) is 1.90. The maximum absolute atomic E-state index is 11.8. The van der Waals surface area contributed by atoms with E-state index in [1.165, 1.54) is 0 Å². The van der Waals surface area contributed by atoms with Crippen molar-refractivity contribution in [1.82, 2.24) is 5.32 Å². The SMILES string of the molecule is CCOC(=O)C(CCOc1ccc(CO)cc1)NC(C)C. The van der Waals surface area contributed by atoms with Crippen LogP contribution in [0.1, 0.15) is 32.8 Å². The maximum atomic E-state index is 11.8. The average Bonchev–Trinajstić information content (AvgIpc) is 2.46. The summed E-state index contributed by atoms with van der Waals surface area (Å²) in [4.78, 5) is 11.8. The molecule has 0 amide bonds. The Balaban J connectivity index is 2.46. The number of hydrogen-bond donors (Lipinski definition) is 2. The van der Waals surface area contributed by atoms with Gasteiger partial charge in [-0.15, -0.1) is 0 Å². The summed E-state index contributed by atoms with van der Waals surface area (Å²) in [5.74, 6) is 0.477. The van der Waals surface area contributed by atoms with E-state index in [2.05, 4.69) is 5.32 Å². The van der Waals surface area contributed by atoms with Crippen LogP contribution in [0.25, 0.3) is 0 Å². The quantitative estimate of drug-likeness (QED) is 0.681. The molecule has 21 heavy (non-hydrogen) atoms. The van der Waals surface area contributed by atoms with Gasteiger partial charge < -0.3 is 19.9 Å². The van der Waals surface area contributed by atoms with Gasteiger partial charge in [-0.3, -0.25) is 4.79 Å². The van der Waals surface area contributed by atoms with Crippen LogP contribution in [0.3, 0.4) is 0 Å². The molecule has 0 bridgehead atoms. The van der Waals surface area contributed by atoms with Crippen LogP contribution in [0, 0.1) is 0 Å². The first-order valence-corrected chi connectivity index (χ1v) is 7.32. The predicted molar refractivity (Wildman–Crippen MR) is 81.2 cm³/mol. The highest BCUT2D eigenvalue weighted by molar-refractivity contribution is 5.75. The van der Waals surface area contributed by atoms with E-state index in [0.29, 0.717) is 19.6 Å². The summed E-state index contributed by atoms with van der Waals surface area (Å²) in [6.07, 6.45) is 0.540. The summed E-state index contributed by atoms with van der Waals surface area (Å²) < 4.78 is 10.7. The van der Waals surface area contributed by atoms with Crippen molar-refractivity contribution >= 4 is 5.97 Å². The van der Waals surface area contributed by atoms with Gasteiger partial charge in [0.2, 0.25) is 0 Å². The number of aliphatic hydroxyl groups excluding tert-OH is 1. The minimum Gasteiger partial charge on any atom is -0.494 e. The van der Waals surface area contributed by atoms with Gasteiger partial charge >= 0.3 is 5.97 Å². The third kappa shape index (κ3) is 6.60. The fourth-order valence-electron chi connectivity index (χ4n) is 1.90. The van der Waals surface area contributed by atoms with Gasteiger partial charge in [0.1, 0.15) is 11.8 Å². The lowest BCUT2D eigenvalue weighted by atomic mass is 10.2. The van der Waals surface area contributed by atoms with E-state index in [1.54, 1.807) is 19.1 Å². The molecule has 0 heterocycles. The second-order valence-corrected chi connectivity index (χ2v) is 5.07. The molecule has 1 unspecified atom stereocenters. The molecule has 0 saturated carbocycles. The maximum Gasteiger partial charge on any atom is 0.323 e. The topological polar surface area (TPSA) is 67.8 Å². The smallest absolute Gasteiger partial charge is 0.323 e. The number of carbonyl (C=O) groups is 1. The van der Waals surface area contributed by atoms with Crippen LogP contribution >= 0.6 is 0 Å². The molecule has 118 valence electrons. The molecule has 5 nitrogen and oxygen atoms in total. The number of benzene rings is 1. The monoisotopic (exact) mass is 295 g/mol. The Morgan fingerprint density at radius 3 is 2.48 bits per heavy atom. The van der Waals surface area contributed by atoms with E-state index in [9.17, 15) is 4.79 Å². The van der Waals surface area contributed by atoms with E-state index in [4.69, 9.17) is 14.6 Å². The molecule has 0 spiro atoms. The highest BCUT2D eigenvalue weighted by Crippen LogP contribution is 2.13. The van der Waals surface area contributed by atoms with Crippen LogP contribution in [0.5, 0.6) is 5.75 Å². The van der Waals surface area contributed by atoms with Gasteiger partial charge in [0.25, 0.3) is 0 Å². The Bertz CT molecular complexity index is 417. The highest BCUT2D eigenvalue weighted by Gasteiger charge is 2.20. The van der Waals surface area contributed by atoms with Gasteiger partial charge in [0.15, 0.2) is 0 Å². The minimum absolute atomic E-state index is 0.0174.